The zero-order chi connectivity index (χ0) is 12.5. The second-order valence-electron chi connectivity index (χ2n) is 3.83. The van der Waals surface area contributed by atoms with Crippen LogP contribution in [0.15, 0.2) is 41.1 Å². The minimum absolute atomic E-state index is 0.427. The summed E-state index contributed by atoms with van der Waals surface area (Å²) in [6.45, 7) is 0. The van der Waals surface area contributed by atoms with Crippen LogP contribution in [0.4, 0.5) is 0 Å². The van der Waals surface area contributed by atoms with Gasteiger partial charge < -0.3 is 13.7 Å². The lowest BCUT2D eigenvalue weighted by atomic mass is 10.2. The Kier molecular flexibility index (Phi) is 2.37. The summed E-state index contributed by atoms with van der Waals surface area (Å²) in [5.41, 5.74) is 2.36. The summed E-state index contributed by atoms with van der Waals surface area (Å²) in [5.74, 6) is 1.03. The van der Waals surface area contributed by atoms with E-state index in [9.17, 15) is 4.79 Å². The average Bonchev–Trinajstić information content (AvgIpc) is 3.03. The fourth-order valence-corrected chi connectivity index (χ4v) is 1.88. The van der Waals surface area contributed by atoms with Crippen LogP contribution in [0.2, 0.25) is 0 Å². The lowest BCUT2D eigenvalue weighted by Crippen LogP contribution is -1.91. The van der Waals surface area contributed by atoms with Gasteiger partial charge in [-0.25, -0.2) is 0 Å². The van der Waals surface area contributed by atoms with Gasteiger partial charge in [0.05, 0.1) is 12.8 Å². The van der Waals surface area contributed by atoms with E-state index in [0.717, 1.165) is 17.4 Å². The Balaban J connectivity index is 2.15. The van der Waals surface area contributed by atoms with Gasteiger partial charge in [0.2, 0.25) is 0 Å². The highest BCUT2D eigenvalue weighted by Gasteiger charge is 2.10. The Morgan fingerprint density at radius 2 is 2.28 bits per heavy atom. The third kappa shape index (κ3) is 1.57. The molecule has 5 nitrogen and oxygen atoms in total. The number of aldehydes is 1. The van der Waals surface area contributed by atoms with Crippen LogP contribution >= 0.6 is 0 Å². The number of methoxy groups -OCH3 is 1. The van der Waals surface area contributed by atoms with Gasteiger partial charge in [0, 0.05) is 23.3 Å². The average molecular weight is 242 g/mol. The maximum absolute atomic E-state index is 10.9. The van der Waals surface area contributed by atoms with Crippen LogP contribution in [-0.2, 0) is 0 Å². The highest BCUT2D eigenvalue weighted by atomic mass is 16.5. The van der Waals surface area contributed by atoms with Crippen LogP contribution < -0.4 is 4.74 Å². The van der Waals surface area contributed by atoms with Crippen molar-refractivity contribution in [3.8, 4) is 17.2 Å². The molecule has 5 heteroatoms. The molecule has 0 saturated carbocycles. The quantitative estimate of drug-likeness (QED) is 0.662. The topological polar surface area (TPSA) is 56.7 Å². The van der Waals surface area contributed by atoms with Gasteiger partial charge in [-0.15, -0.1) is 0 Å². The first-order valence-corrected chi connectivity index (χ1v) is 5.39. The smallest absolute Gasteiger partial charge is 0.254 e. The maximum atomic E-state index is 10.9. The van der Waals surface area contributed by atoms with Crippen LogP contribution in [0.3, 0.4) is 0 Å². The Morgan fingerprint density at radius 1 is 1.39 bits per heavy atom. The third-order valence-electron chi connectivity index (χ3n) is 2.76. The largest absolute Gasteiger partial charge is 0.479 e. The van der Waals surface area contributed by atoms with Gasteiger partial charge >= 0.3 is 0 Å². The van der Waals surface area contributed by atoms with Crippen molar-refractivity contribution in [3.63, 3.8) is 0 Å². The fraction of sp³-hybridized carbons (Fsp3) is 0.0769. The van der Waals surface area contributed by atoms with E-state index in [1.54, 1.807) is 16.5 Å². The van der Waals surface area contributed by atoms with Crippen LogP contribution in [0.25, 0.3) is 16.8 Å². The molecule has 3 rings (SSSR count). The molecule has 90 valence electrons. The van der Waals surface area contributed by atoms with E-state index in [1.807, 2.05) is 24.4 Å². The van der Waals surface area contributed by atoms with E-state index >= 15 is 0 Å². The van der Waals surface area contributed by atoms with E-state index in [4.69, 9.17) is 9.26 Å². The molecule has 0 aromatic carbocycles. The molecule has 3 heterocycles. The Hall–Kier alpha value is -2.56. The molecular formula is C13H10N2O3. The van der Waals surface area contributed by atoms with Gasteiger partial charge in [0.15, 0.2) is 12.0 Å². The van der Waals surface area contributed by atoms with E-state index in [0.29, 0.717) is 17.3 Å². The first-order valence-electron chi connectivity index (χ1n) is 5.39. The molecule has 0 aliphatic heterocycles. The second-order valence-corrected chi connectivity index (χ2v) is 3.83. The summed E-state index contributed by atoms with van der Waals surface area (Å²) in [6, 6.07) is 9.14. The van der Waals surface area contributed by atoms with Crippen LogP contribution in [0.1, 0.15) is 10.5 Å². The molecule has 0 saturated heterocycles. The molecule has 0 bridgehead atoms. The number of pyridine rings is 1. The number of ether oxygens (including phenoxy) is 1. The van der Waals surface area contributed by atoms with E-state index < -0.39 is 0 Å². The van der Waals surface area contributed by atoms with Crippen molar-refractivity contribution in [1.82, 2.24) is 9.56 Å². The Bertz CT molecular complexity index is 712. The monoisotopic (exact) mass is 242 g/mol. The van der Waals surface area contributed by atoms with E-state index in [2.05, 4.69) is 5.16 Å². The minimum Gasteiger partial charge on any atom is -0.479 e. The van der Waals surface area contributed by atoms with Crippen molar-refractivity contribution < 1.29 is 14.1 Å². The zero-order valence-electron chi connectivity index (χ0n) is 9.66. The van der Waals surface area contributed by atoms with Gasteiger partial charge in [-0.1, -0.05) is 6.07 Å². The van der Waals surface area contributed by atoms with Gasteiger partial charge in [0.1, 0.15) is 0 Å². The SMILES string of the molecule is COc1cc(-c2cc3cccc(C=O)n3c2)on1. The highest BCUT2D eigenvalue weighted by Crippen LogP contribution is 2.26. The number of nitrogens with zero attached hydrogens (tertiary/aromatic N) is 2. The molecule has 18 heavy (non-hydrogen) atoms. The molecule has 0 aliphatic carbocycles. The fourth-order valence-electron chi connectivity index (χ4n) is 1.88. The number of aromatic nitrogens is 2. The molecule has 3 aromatic heterocycles. The van der Waals surface area contributed by atoms with Crippen LogP contribution in [0, 0.1) is 0 Å². The predicted molar refractivity (Wildman–Crippen MR) is 64.8 cm³/mol. The van der Waals surface area contributed by atoms with Gasteiger partial charge in [-0.3, -0.25) is 4.79 Å². The molecule has 0 fully saturated rings. The number of hydrogen-bond acceptors (Lipinski definition) is 4. The molecule has 0 amide bonds. The minimum atomic E-state index is 0.427. The summed E-state index contributed by atoms with van der Waals surface area (Å²) < 4.78 is 11.9. The molecule has 0 aliphatic rings. The summed E-state index contributed by atoms with van der Waals surface area (Å²) in [6.07, 6.45) is 2.65. The second kappa shape index (κ2) is 4.03. The van der Waals surface area contributed by atoms with Crippen molar-refractivity contribution in [1.29, 1.82) is 0 Å². The summed E-state index contributed by atoms with van der Waals surface area (Å²) >= 11 is 0. The Labute approximate surface area is 103 Å². The molecule has 3 aromatic rings. The van der Waals surface area contributed by atoms with Crippen molar-refractivity contribution >= 4 is 11.8 Å². The van der Waals surface area contributed by atoms with Gasteiger partial charge in [-0.2, -0.15) is 0 Å². The third-order valence-corrected chi connectivity index (χ3v) is 2.76. The first-order chi connectivity index (χ1) is 8.81. The lowest BCUT2D eigenvalue weighted by molar-refractivity contribution is 0.111. The standard InChI is InChI=1S/C13H10N2O3/c1-17-13-6-12(18-14-13)9-5-10-3-2-4-11(8-16)15(10)7-9/h2-8H,1H3. The van der Waals surface area contributed by atoms with Gasteiger partial charge in [0.25, 0.3) is 5.88 Å². The number of fused-ring (bicyclic) bond motifs is 1. The lowest BCUT2D eigenvalue weighted by Gasteiger charge is -1.96. The zero-order valence-corrected chi connectivity index (χ0v) is 9.66. The highest BCUT2D eigenvalue weighted by molar-refractivity contribution is 5.77. The van der Waals surface area contributed by atoms with Crippen molar-refractivity contribution in [2.75, 3.05) is 7.11 Å². The van der Waals surface area contributed by atoms with Gasteiger partial charge in [-0.05, 0) is 23.4 Å². The molecule has 0 radical (unpaired) electrons. The number of rotatable bonds is 3. The number of carbonyl (C=O) groups is 1. The number of hydrogen-bond donors (Lipinski definition) is 0. The molecule has 0 N–H and O–H groups in total. The molecule has 0 unspecified atom stereocenters. The summed E-state index contributed by atoms with van der Waals surface area (Å²) in [7, 11) is 1.53. The first kappa shape index (κ1) is 10.6. The summed E-state index contributed by atoms with van der Waals surface area (Å²) in [4.78, 5) is 10.9. The van der Waals surface area contributed by atoms with E-state index in [-0.39, 0.29) is 0 Å². The predicted octanol–water partition coefficient (Wildman–Crippen LogP) is 2.42. The molecule has 0 atom stereocenters. The Morgan fingerprint density at radius 3 is 3.00 bits per heavy atom. The molecular weight excluding hydrogens is 232 g/mol. The van der Waals surface area contributed by atoms with E-state index in [1.165, 1.54) is 7.11 Å². The van der Waals surface area contributed by atoms with Crippen molar-refractivity contribution in [2.45, 2.75) is 0 Å². The molecule has 0 spiro atoms. The maximum Gasteiger partial charge on any atom is 0.254 e. The van der Waals surface area contributed by atoms with Crippen LogP contribution in [-0.4, -0.2) is 23.0 Å². The summed E-state index contributed by atoms with van der Waals surface area (Å²) in [5, 5.41) is 3.75. The van der Waals surface area contributed by atoms with Crippen LogP contribution in [0.5, 0.6) is 5.88 Å². The van der Waals surface area contributed by atoms with Crippen molar-refractivity contribution in [2.24, 2.45) is 0 Å². The number of carbonyl (C=O) groups excluding carboxylic acids is 1. The normalized spacial score (nSPS) is 10.7. The van der Waals surface area contributed by atoms with Crippen molar-refractivity contribution in [3.05, 3.63) is 42.2 Å².